The molecule has 0 aliphatic carbocycles. The summed E-state index contributed by atoms with van der Waals surface area (Å²) in [5.41, 5.74) is 3.32. The maximum absolute atomic E-state index is 4.55. The molecule has 0 saturated carbocycles. The monoisotopic (exact) mass is 206 g/mol. The number of hydrazine groups is 2. The summed E-state index contributed by atoms with van der Waals surface area (Å²) >= 11 is 0. The Kier molecular flexibility index (Phi) is 1.34. The lowest BCUT2D eigenvalue weighted by molar-refractivity contribution is 0.0324. The van der Waals surface area contributed by atoms with Crippen LogP contribution in [0.4, 0.5) is 0 Å². The van der Waals surface area contributed by atoms with Crippen molar-refractivity contribution in [3.8, 4) is 0 Å². The van der Waals surface area contributed by atoms with Gasteiger partial charge in [0.25, 0.3) is 0 Å². The summed E-state index contributed by atoms with van der Waals surface area (Å²) < 4.78 is 0. The maximum Gasteiger partial charge on any atom is 0.156 e. The number of nitrogens with one attached hydrogen (secondary N) is 1. The first-order chi connectivity index (χ1) is 7.40. The summed E-state index contributed by atoms with van der Waals surface area (Å²) in [6.45, 7) is 6.85. The molecule has 1 N–H and O–H groups in total. The van der Waals surface area contributed by atoms with Crippen LogP contribution in [0.5, 0.6) is 0 Å². The highest BCUT2D eigenvalue weighted by atomic mass is 16.0. The highest BCUT2D eigenvalue weighted by molar-refractivity contribution is 5.95. The van der Waals surface area contributed by atoms with Crippen molar-refractivity contribution >= 4 is 5.84 Å². The maximum atomic E-state index is 4.55. The van der Waals surface area contributed by atoms with E-state index < -0.39 is 0 Å². The number of amidine groups is 1. The van der Waals surface area contributed by atoms with Crippen molar-refractivity contribution in [1.82, 2.24) is 25.5 Å². The standard InChI is InChI=1S/C9H14N6/c1-2-12(1)8-7-9(13-3-4-13)11-15(10-8)14-5-6-14/h7,10H,1-6H2. The summed E-state index contributed by atoms with van der Waals surface area (Å²) in [4.78, 5) is 4.59. The molecule has 0 radical (unpaired) electrons. The second kappa shape index (κ2) is 2.57. The lowest BCUT2D eigenvalue weighted by Crippen LogP contribution is -2.43. The molecule has 0 amide bonds. The zero-order chi connectivity index (χ0) is 9.83. The van der Waals surface area contributed by atoms with E-state index in [1.165, 1.54) is 18.9 Å². The lowest BCUT2D eigenvalue weighted by Gasteiger charge is -2.28. The van der Waals surface area contributed by atoms with Crippen LogP contribution in [0.3, 0.4) is 0 Å². The molecule has 0 aromatic carbocycles. The zero-order valence-corrected chi connectivity index (χ0v) is 8.56. The Morgan fingerprint density at radius 3 is 2.33 bits per heavy atom. The van der Waals surface area contributed by atoms with Gasteiger partial charge in [-0.05, 0) is 0 Å². The highest BCUT2D eigenvalue weighted by Crippen LogP contribution is 2.21. The van der Waals surface area contributed by atoms with E-state index in [0.29, 0.717) is 0 Å². The normalized spacial score (nSPS) is 28.4. The first kappa shape index (κ1) is 7.81. The van der Waals surface area contributed by atoms with Gasteiger partial charge in [0, 0.05) is 45.3 Å². The minimum atomic E-state index is 1.10. The van der Waals surface area contributed by atoms with Crippen molar-refractivity contribution in [2.75, 3.05) is 39.3 Å². The van der Waals surface area contributed by atoms with Crippen LogP contribution in [-0.4, -0.2) is 65.1 Å². The lowest BCUT2D eigenvalue weighted by atomic mass is 10.5. The Bertz CT molecular complexity index is 350. The zero-order valence-electron chi connectivity index (χ0n) is 8.56. The number of hydrogen-bond acceptors (Lipinski definition) is 6. The first-order valence-electron chi connectivity index (χ1n) is 5.52. The van der Waals surface area contributed by atoms with Gasteiger partial charge >= 0.3 is 0 Å². The van der Waals surface area contributed by atoms with E-state index in [-0.39, 0.29) is 0 Å². The molecule has 4 rings (SSSR count). The fraction of sp³-hybridized carbons (Fsp3) is 0.667. The van der Waals surface area contributed by atoms with Crippen molar-refractivity contribution in [2.45, 2.75) is 0 Å². The minimum Gasteiger partial charge on any atom is -0.353 e. The molecular formula is C9H14N6. The molecule has 0 aromatic heterocycles. The molecule has 3 saturated heterocycles. The SMILES string of the molecule is C1=C(N2CC2)NN(N2CC2)N=C1N1CC1. The summed E-state index contributed by atoms with van der Waals surface area (Å²) in [5, 5.41) is 8.62. The molecule has 4 aliphatic rings. The molecule has 0 aromatic rings. The molecule has 6 heteroatoms. The van der Waals surface area contributed by atoms with Crippen LogP contribution in [0.15, 0.2) is 17.0 Å². The van der Waals surface area contributed by atoms with E-state index in [0.717, 1.165) is 32.0 Å². The number of nitrogens with zero attached hydrogens (tertiary/aromatic N) is 5. The first-order valence-corrected chi connectivity index (χ1v) is 5.52. The average molecular weight is 206 g/mol. The Labute approximate surface area is 88.3 Å². The molecule has 0 atom stereocenters. The summed E-state index contributed by atoms with van der Waals surface area (Å²) in [7, 11) is 0. The molecular weight excluding hydrogens is 192 g/mol. The van der Waals surface area contributed by atoms with Crippen LogP contribution in [0, 0.1) is 0 Å². The van der Waals surface area contributed by atoms with Crippen LogP contribution >= 0.6 is 0 Å². The van der Waals surface area contributed by atoms with Crippen LogP contribution < -0.4 is 5.43 Å². The van der Waals surface area contributed by atoms with Gasteiger partial charge in [-0.1, -0.05) is 0 Å². The number of hydrogen-bond donors (Lipinski definition) is 1. The molecule has 80 valence electrons. The van der Waals surface area contributed by atoms with Crippen molar-refractivity contribution in [2.24, 2.45) is 5.10 Å². The summed E-state index contributed by atoms with van der Waals surface area (Å²) in [6.07, 6.45) is 2.15. The van der Waals surface area contributed by atoms with E-state index in [1.807, 2.05) is 5.23 Å². The Morgan fingerprint density at radius 2 is 1.73 bits per heavy atom. The quantitative estimate of drug-likeness (QED) is 0.576. The van der Waals surface area contributed by atoms with Gasteiger partial charge in [0.2, 0.25) is 0 Å². The predicted octanol–water partition coefficient (Wildman–Crippen LogP) is -1.18. The fourth-order valence-electron chi connectivity index (χ4n) is 1.66. The van der Waals surface area contributed by atoms with Gasteiger partial charge in [-0.2, -0.15) is 5.01 Å². The second-order valence-corrected chi connectivity index (χ2v) is 4.32. The van der Waals surface area contributed by atoms with E-state index in [2.05, 4.69) is 31.4 Å². The Balaban J connectivity index is 1.61. The van der Waals surface area contributed by atoms with Gasteiger partial charge in [-0.25, -0.2) is 0 Å². The van der Waals surface area contributed by atoms with Gasteiger partial charge < -0.3 is 9.80 Å². The van der Waals surface area contributed by atoms with E-state index in [9.17, 15) is 0 Å². The third-order valence-electron chi connectivity index (χ3n) is 2.93. The minimum absolute atomic E-state index is 1.10. The largest absolute Gasteiger partial charge is 0.353 e. The fourth-order valence-corrected chi connectivity index (χ4v) is 1.66. The number of hydrazone groups is 1. The molecule has 3 fully saturated rings. The van der Waals surface area contributed by atoms with E-state index in [1.54, 1.807) is 0 Å². The second-order valence-electron chi connectivity index (χ2n) is 4.32. The summed E-state index contributed by atoms with van der Waals surface area (Å²) in [5.74, 6) is 2.29. The number of rotatable bonds is 2. The van der Waals surface area contributed by atoms with Gasteiger partial charge in [-0.3, -0.25) is 5.43 Å². The third kappa shape index (κ3) is 1.41. The van der Waals surface area contributed by atoms with Crippen molar-refractivity contribution in [1.29, 1.82) is 0 Å². The molecule has 0 spiro atoms. The molecule has 4 aliphatic heterocycles. The topological polar surface area (TPSA) is 36.7 Å². The molecule has 0 unspecified atom stereocenters. The smallest absolute Gasteiger partial charge is 0.156 e. The van der Waals surface area contributed by atoms with Crippen molar-refractivity contribution < 1.29 is 0 Å². The predicted molar refractivity (Wildman–Crippen MR) is 55.2 cm³/mol. The van der Waals surface area contributed by atoms with Gasteiger partial charge in [0.15, 0.2) is 5.84 Å². The third-order valence-corrected chi connectivity index (χ3v) is 2.93. The van der Waals surface area contributed by atoms with Gasteiger partial charge in [0.05, 0.1) is 0 Å². The molecule has 6 nitrogen and oxygen atoms in total. The average Bonchev–Trinajstić information content (AvgIpc) is 3.20. The molecule has 0 bridgehead atoms. The van der Waals surface area contributed by atoms with E-state index in [4.69, 9.17) is 0 Å². The Morgan fingerprint density at radius 1 is 1.00 bits per heavy atom. The van der Waals surface area contributed by atoms with Gasteiger partial charge in [0.1, 0.15) is 5.82 Å². The van der Waals surface area contributed by atoms with E-state index >= 15 is 0 Å². The molecule has 15 heavy (non-hydrogen) atoms. The molecule has 4 heterocycles. The highest BCUT2D eigenvalue weighted by Gasteiger charge is 2.34. The van der Waals surface area contributed by atoms with Gasteiger partial charge in [-0.15, -0.1) is 10.3 Å². The Hall–Kier alpha value is -1.43. The van der Waals surface area contributed by atoms with Crippen molar-refractivity contribution in [3.63, 3.8) is 0 Å². The summed E-state index contributed by atoms with van der Waals surface area (Å²) in [6, 6.07) is 0. The van der Waals surface area contributed by atoms with Crippen molar-refractivity contribution in [3.05, 3.63) is 11.9 Å². The van der Waals surface area contributed by atoms with Crippen LogP contribution in [-0.2, 0) is 0 Å². The van der Waals surface area contributed by atoms with Crippen LogP contribution in [0.1, 0.15) is 0 Å². The van der Waals surface area contributed by atoms with Crippen LogP contribution in [0.25, 0.3) is 0 Å². The van der Waals surface area contributed by atoms with Crippen LogP contribution in [0.2, 0.25) is 0 Å².